The molecule has 202 valence electrons. The molecule has 3 amide bonds. The van der Waals surface area contributed by atoms with Gasteiger partial charge in [0.2, 0.25) is 17.7 Å². The van der Waals surface area contributed by atoms with Crippen molar-refractivity contribution in [3.05, 3.63) is 35.9 Å². The first-order chi connectivity index (χ1) is 17.2. The number of thioether (sulfide) groups is 3. The smallest absolute Gasteiger partial charge is 0.326 e. The van der Waals surface area contributed by atoms with Gasteiger partial charge in [-0.3, -0.25) is 14.4 Å². The molecule has 0 aliphatic heterocycles. The standard InChI is InChI=1S/C24H38N4O5S3/c1-34-12-9-17(25)21(29)26-18(10-13-35-2)22(30)28-20(15-16-7-5-4-6-8-16)23(31)27-19(24(32)33)11-14-36-3/h4-8,17-20H,9-15,25H2,1-3H3,(H,26,29)(H,27,31)(H,28,30)(H,32,33). The van der Waals surface area contributed by atoms with Gasteiger partial charge in [-0.2, -0.15) is 35.3 Å². The first-order valence-electron chi connectivity index (χ1n) is 11.6. The van der Waals surface area contributed by atoms with Crippen LogP contribution in [-0.4, -0.2) is 89.0 Å². The highest BCUT2D eigenvalue weighted by Gasteiger charge is 2.30. The number of hydrogen-bond acceptors (Lipinski definition) is 8. The molecule has 0 spiro atoms. The lowest BCUT2D eigenvalue weighted by Crippen LogP contribution is -2.57. The zero-order chi connectivity index (χ0) is 26.9. The Kier molecular flexibility index (Phi) is 16.4. The number of hydrogen-bond donors (Lipinski definition) is 5. The Balaban J connectivity index is 3.05. The molecule has 4 atom stereocenters. The van der Waals surface area contributed by atoms with Crippen LogP contribution >= 0.6 is 35.3 Å². The molecule has 0 aromatic heterocycles. The minimum absolute atomic E-state index is 0.170. The zero-order valence-corrected chi connectivity index (χ0v) is 23.5. The van der Waals surface area contributed by atoms with Crippen molar-refractivity contribution in [1.29, 1.82) is 0 Å². The van der Waals surface area contributed by atoms with Crippen LogP contribution in [0, 0.1) is 0 Å². The van der Waals surface area contributed by atoms with E-state index < -0.39 is 47.9 Å². The number of nitrogens with one attached hydrogen (secondary N) is 3. The van der Waals surface area contributed by atoms with Crippen LogP contribution in [-0.2, 0) is 25.6 Å². The third-order valence-corrected chi connectivity index (χ3v) is 7.29. The van der Waals surface area contributed by atoms with Crippen LogP contribution in [0.4, 0.5) is 0 Å². The van der Waals surface area contributed by atoms with Crippen molar-refractivity contribution in [2.75, 3.05) is 36.0 Å². The largest absolute Gasteiger partial charge is 0.480 e. The summed E-state index contributed by atoms with van der Waals surface area (Å²) in [5.74, 6) is -0.759. The number of amides is 3. The van der Waals surface area contributed by atoms with Gasteiger partial charge in [0.05, 0.1) is 6.04 Å². The number of carboxylic acid groups (broad SMARTS) is 1. The molecule has 0 fully saturated rings. The molecular weight excluding hydrogens is 520 g/mol. The van der Waals surface area contributed by atoms with Crippen molar-refractivity contribution in [3.63, 3.8) is 0 Å². The molecule has 1 rings (SSSR count). The van der Waals surface area contributed by atoms with Gasteiger partial charge in [-0.25, -0.2) is 4.79 Å². The molecule has 0 saturated heterocycles. The van der Waals surface area contributed by atoms with Gasteiger partial charge >= 0.3 is 5.97 Å². The maximum absolute atomic E-state index is 13.2. The summed E-state index contributed by atoms with van der Waals surface area (Å²) in [6.07, 6.45) is 6.95. The minimum Gasteiger partial charge on any atom is -0.480 e. The van der Waals surface area contributed by atoms with Gasteiger partial charge in [-0.15, -0.1) is 0 Å². The zero-order valence-electron chi connectivity index (χ0n) is 21.0. The molecule has 1 aromatic rings. The van der Waals surface area contributed by atoms with Crippen molar-refractivity contribution in [2.45, 2.75) is 49.9 Å². The Morgan fingerprint density at radius 3 is 1.78 bits per heavy atom. The van der Waals surface area contributed by atoms with E-state index in [0.717, 1.165) is 11.3 Å². The van der Waals surface area contributed by atoms with Crippen molar-refractivity contribution in [3.8, 4) is 0 Å². The lowest BCUT2D eigenvalue weighted by atomic mass is 10.0. The van der Waals surface area contributed by atoms with Crippen LogP contribution < -0.4 is 21.7 Å². The number of nitrogens with two attached hydrogens (primary N) is 1. The molecule has 1 aromatic carbocycles. The number of benzene rings is 1. The number of carbonyl (C=O) groups excluding carboxylic acids is 3. The second-order valence-electron chi connectivity index (χ2n) is 8.16. The highest BCUT2D eigenvalue weighted by atomic mass is 32.2. The molecule has 0 radical (unpaired) electrons. The third kappa shape index (κ3) is 12.4. The molecule has 0 aliphatic rings. The first-order valence-corrected chi connectivity index (χ1v) is 15.8. The highest BCUT2D eigenvalue weighted by molar-refractivity contribution is 7.98. The fourth-order valence-corrected chi connectivity index (χ4v) is 4.69. The molecule has 0 bridgehead atoms. The predicted molar refractivity (Wildman–Crippen MR) is 151 cm³/mol. The lowest BCUT2D eigenvalue weighted by Gasteiger charge is -2.25. The second-order valence-corrected chi connectivity index (χ2v) is 11.1. The van der Waals surface area contributed by atoms with Crippen molar-refractivity contribution in [1.82, 2.24) is 16.0 Å². The van der Waals surface area contributed by atoms with Crippen LogP contribution in [0.2, 0.25) is 0 Å². The summed E-state index contributed by atoms with van der Waals surface area (Å²) in [5.41, 5.74) is 6.77. The number of carboxylic acids is 1. The third-order valence-electron chi connectivity index (χ3n) is 5.35. The van der Waals surface area contributed by atoms with Gasteiger partial charge in [0, 0.05) is 6.42 Å². The summed E-state index contributed by atoms with van der Waals surface area (Å²) >= 11 is 4.59. The average molecular weight is 559 g/mol. The fraction of sp³-hybridized carbons (Fsp3) is 0.583. The van der Waals surface area contributed by atoms with E-state index in [1.165, 1.54) is 23.5 Å². The summed E-state index contributed by atoms with van der Waals surface area (Å²) in [7, 11) is 0. The van der Waals surface area contributed by atoms with Crippen LogP contribution in [0.1, 0.15) is 24.8 Å². The van der Waals surface area contributed by atoms with Gasteiger partial charge in [0.1, 0.15) is 18.1 Å². The van der Waals surface area contributed by atoms with E-state index in [0.29, 0.717) is 24.3 Å². The molecule has 12 heteroatoms. The number of rotatable bonds is 18. The van der Waals surface area contributed by atoms with E-state index in [-0.39, 0.29) is 12.8 Å². The van der Waals surface area contributed by atoms with Crippen LogP contribution in [0.5, 0.6) is 0 Å². The van der Waals surface area contributed by atoms with Crippen molar-refractivity contribution >= 4 is 59.0 Å². The Morgan fingerprint density at radius 1 is 0.750 bits per heavy atom. The fourth-order valence-electron chi connectivity index (χ4n) is 3.26. The van der Waals surface area contributed by atoms with E-state index >= 15 is 0 Å². The maximum atomic E-state index is 13.2. The molecule has 4 unspecified atom stereocenters. The molecule has 6 N–H and O–H groups in total. The molecular formula is C24H38N4O5S3. The maximum Gasteiger partial charge on any atom is 0.326 e. The van der Waals surface area contributed by atoms with E-state index in [1.807, 2.05) is 49.1 Å². The van der Waals surface area contributed by atoms with Crippen LogP contribution in [0.25, 0.3) is 0 Å². The van der Waals surface area contributed by atoms with E-state index in [1.54, 1.807) is 11.8 Å². The van der Waals surface area contributed by atoms with Gasteiger partial charge in [-0.1, -0.05) is 30.3 Å². The average Bonchev–Trinajstić information content (AvgIpc) is 2.87. The van der Waals surface area contributed by atoms with Gasteiger partial charge in [0.25, 0.3) is 0 Å². The Labute approximate surface area is 226 Å². The summed E-state index contributed by atoms with van der Waals surface area (Å²) in [4.78, 5) is 50.6. The second kappa shape index (κ2) is 18.4. The quantitative estimate of drug-likeness (QED) is 0.180. The summed E-state index contributed by atoms with van der Waals surface area (Å²) < 4.78 is 0. The highest BCUT2D eigenvalue weighted by Crippen LogP contribution is 2.08. The minimum atomic E-state index is -1.13. The van der Waals surface area contributed by atoms with Crippen LogP contribution in [0.3, 0.4) is 0 Å². The first kappa shape index (κ1) is 32.1. The Bertz CT molecular complexity index is 831. The predicted octanol–water partition coefficient (Wildman–Crippen LogP) is 1.35. The van der Waals surface area contributed by atoms with Gasteiger partial charge in [-0.05, 0) is 60.9 Å². The number of aliphatic carboxylic acids is 1. The van der Waals surface area contributed by atoms with E-state index in [2.05, 4.69) is 16.0 Å². The van der Waals surface area contributed by atoms with Gasteiger partial charge < -0.3 is 26.8 Å². The van der Waals surface area contributed by atoms with Gasteiger partial charge in [0.15, 0.2) is 0 Å². The van der Waals surface area contributed by atoms with Crippen molar-refractivity contribution in [2.24, 2.45) is 5.73 Å². The Hall–Kier alpha value is -1.89. The number of carbonyl (C=O) groups is 4. The topological polar surface area (TPSA) is 151 Å². The lowest BCUT2D eigenvalue weighted by molar-refractivity contribution is -0.142. The molecule has 0 heterocycles. The SMILES string of the molecule is CSCCC(N)C(=O)NC(CCSC)C(=O)NC(Cc1ccccc1)C(=O)NC(CCSC)C(=O)O. The monoisotopic (exact) mass is 558 g/mol. The summed E-state index contributed by atoms with van der Waals surface area (Å²) in [6.45, 7) is 0. The van der Waals surface area contributed by atoms with E-state index in [4.69, 9.17) is 5.73 Å². The van der Waals surface area contributed by atoms with Crippen molar-refractivity contribution < 1.29 is 24.3 Å². The molecule has 0 aliphatic carbocycles. The summed E-state index contributed by atoms with van der Waals surface area (Å²) in [5, 5.41) is 17.6. The van der Waals surface area contributed by atoms with E-state index in [9.17, 15) is 24.3 Å². The summed E-state index contributed by atoms with van der Waals surface area (Å²) in [6, 6.07) is 5.44. The molecule has 0 saturated carbocycles. The molecule has 9 nitrogen and oxygen atoms in total. The normalized spacial score (nSPS) is 14.2. The Morgan fingerprint density at radius 2 is 1.22 bits per heavy atom. The van der Waals surface area contributed by atoms with Crippen LogP contribution in [0.15, 0.2) is 30.3 Å². The molecule has 36 heavy (non-hydrogen) atoms.